The Morgan fingerprint density at radius 3 is 2.43 bits per heavy atom. The van der Waals surface area contributed by atoms with Crippen molar-refractivity contribution in [1.29, 1.82) is 0 Å². The van der Waals surface area contributed by atoms with Crippen molar-refractivity contribution in [1.82, 2.24) is 5.32 Å². The van der Waals surface area contributed by atoms with E-state index in [4.69, 9.17) is 4.74 Å². The zero-order chi connectivity index (χ0) is 16.7. The normalized spacial score (nSPS) is 16.6. The molecule has 1 fully saturated rings. The van der Waals surface area contributed by atoms with Gasteiger partial charge in [-0.3, -0.25) is 4.79 Å². The van der Waals surface area contributed by atoms with Gasteiger partial charge < -0.3 is 10.1 Å². The lowest BCUT2D eigenvalue weighted by atomic mass is 9.84. The molecule has 1 aromatic carbocycles. The molecular weight excluding hydrogens is 290 g/mol. The highest BCUT2D eigenvalue weighted by Crippen LogP contribution is 2.32. The second-order valence-corrected chi connectivity index (χ2v) is 6.30. The maximum atomic E-state index is 12.1. The summed E-state index contributed by atoms with van der Waals surface area (Å²) in [5.41, 5.74) is 1.80. The maximum absolute atomic E-state index is 12.1. The monoisotopic (exact) mass is 317 g/mol. The van der Waals surface area contributed by atoms with E-state index in [0.29, 0.717) is 18.0 Å². The smallest absolute Gasteiger partial charge is 0.338 e. The van der Waals surface area contributed by atoms with E-state index in [0.717, 1.165) is 6.42 Å². The Kier molecular flexibility index (Phi) is 6.63. The molecule has 1 atom stereocenters. The number of nitrogens with one attached hydrogen (secondary N) is 1. The minimum Gasteiger partial charge on any atom is -0.449 e. The summed E-state index contributed by atoms with van der Waals surface area (Å²) in [5, 5.41) is 2.72. The highest BCUT2D eigenvalue weighted by atomic mass is 16.5. The molecule has 1 aromatic rings. The largest absolute Gasteiger partial charge is 0.449 e. The van der Waals surface area contributed by atoms with Crippen molar-refractivity contribution in [3.05, 3.63) is 35.4 Å². The second-order valence-electron chi connectivity index (χ2n) is 6.30. The molecule has 4 heteroatoms. The lowest BCUT2D eigenvalue weighted by Gasteiger charge is -2.22. The van der Waals surface area contributed by atoms with Gasteiger partial charge >= 0.3 is 5.97 Å². The Bertz CT molecular complexity index is 518. The van der Waals surface area contributed by atoms with Gasteiger partial charge in [-0.1, -0.05) is 38.3 Å². The van der Waals surface area contributed by atoms with Crippen LogP contribution in [0, 0.1) is 0 Å². The summed E-state index contributed by atoms with van der Waals surface area (Å²) in [4.78, 5) is 23.9. The molecule has 1 N–H and O–H groups in total. The van der Waals surface area contributed by atoms with Crippen molar-refractivity contribution in [2.75, 3.05) is 6.54 Å². The van der Waals surface area contributed by atoms with E-state index < -0.39 is 12.1 Å². The molecular formula is C19H27NO3. The van der Waals surface area contributed by atoms with Crippen LogP contribution in [0.3, 0.4) is 0 Å². The first-order valence-electron chi connectivity index (χ1n) is 8.70. The van der Waals surface area contributed by atoms with Crippen LogP contribution in [-0.2, 0) is 9.53 Å². The second kappa shape index (κ2) is 8.70. The molecule has 1 aliphatic rings. The quantitative estimate of drug-likeness (QED) is 0.812. The number of benzene rings is 1. The zero-order valence-electron chi connectivity index (χ0n) is 14.1. The molecule has 0 unspecified atom stereocenters. The number of rotatable bonds is 6. The summed E-state index contributed by atoms with van der Waals surface area (Å²) in [5.74, 6) is -0.0778. The van der Waals surface area contributed by atoms with Crippen LogP contribution < -0.4 is 5.32 Å². The number of carbonyl (C=O) groups is 2. The molecule has 1 aliphatic carbocycles. The molecule has 0 spiro atoms. The first-order chi connectivity index (χ1) is 11.1. The summed E-state index contributed by atoms with van der Waals surface area (Å²) >= 11 is 0. The van der Waals surface area contributed by atoms with E-state index >= 15 is 0 Å². The van der Waals surface area contributed by atoms with E-state index in [1.54, 1.807) is 6.92 Å². The van der Waals surface area contributed by atoms with Crippen molar-refractivity contribution in [2.45, 2.75) is 64.4 Å². The predicted molar refractivity (Wildman–Crippen MR) is 90.4 cm³/mol. The molecule has 4 nitrogen and oxygen atoms in total. The maximum Gasteiger partial charge on any atom is 0.338 e. The third-order valence-electron chi connectivity index (χ3n) is 4.43. The number of esters is 1. The fraction of sp³-hybridized carbons (Fsp3) is 0.579. The molecule has 1 amide bonds. The van der Waals surface area contributed by atoms with Crippen LogP contribution in [0.5, 0.6) is 0 Å². The fourth-order valence-electron chi connectivity index (χ4n) is 3.00. The Morgan fingerprint density at radius 2 is 1.83 bits per heavy atom. The van der Waals surface area contributed by atoms with Crippen molar-refractivity contribution < 1.29 is 14.3 Å². The van der Waals surface area contributed by atoms with Crippen LogP contribution in [0.1, 0.15) is 74.2 Å². The molecule has 126 valence electrons. The Balaban J connectivity index is 1.90. The van der Waals surface area contributed by atoms with E-state index in [9.17, 15) is 9.59 Å². The first kappa shape index (κ1) is 17.5. The summed E-state index contributed by atoms with van der Waals surface area (Å²) in [6, 6.07) is 7.66. The van der Waals surface area contributed by atoms with Gasteiger partial charge in [0.25, 0.3) is 5.91 Å². The topological polar surface area (TPSA) is 55.4 Å². The van der Waals surface area contributed by atoms with Crippen LogP contribution in [0.2, 0.25) is 0 Å². The van der Waals surface area contributed by atoms with Crippen molar-refractivity contribution in [2.24, 2.45) is 0 Å². The van der Waals surface area contributed by atoms with Crippen LogP contribution in [0.25, 0.3) is 0 Å². The van der Waals surface area contributed by atoms with Gasteiger partial charge in [0.05, 0.1) is 5.56 Å². The first-order valence-corrected chi connectivity index (χ1v) is 8.70. The molecule has 0 aromatic heterocycles. The minimum atomic E-state index is -0.771. The van der Waals surface area contributed by atoms with Crippen molar-refractivity contribution in [3.63, 3.8) is 0 Å². The highest BCUT2D eigenvalue weighted by molar-refractivity contribution is 5.92. The summed E-state index contributed by atoms with van der Waals surface area (Å²) in [7, 11) is 0. The molecule has 1 saturated carbocycles. The Hall–Kier alpha value is -1.84. The van der Waals surface area contributed by atoms with E-state index in [2.05, 4.69) is 5.32 Å². The van der Waals surface area contributed by atoms with Gasteiger partial charge in [0, 0.05) is 6.54 Å². The Morgan fingerprint density at radius 1 is 1.17 bits per heavy atom. The number of hydrogen-bond donors (Lipinski definition) is 1. The van der Waals surface area contributed by atoms with Crippen LogP contribution in [-0.4, -0.2) is 24.5 Å². The lowest BCUT2D eigenvalue weighted by Crippen LogP contribution is -2.36. The lowest BCUT2D eigenvalue weighted by molar-refractivity contribution is -0.129. The molecule has 0 saturated heterocycles. The summed E-state index contributed by atoms with van der Waals surface area (Å²) in [6.45, 7) is 4.17. The average molecular weight is 317 g/mol. The molecule has 0 aliphatic heterocycles. The molecule has 0 bridgehead atoms. The Labute approximate surface area is 138 Å². The molecule has 2 rings (SSSR count). The standard InChI is InChI=1S/C19H27NO3/c1-3-13-20-18(21)14(2)23-19(22)17-11-9-16(10-12-17)15-7-5-4-6-8-15/h9-12,14-15H,3-8,13H2,1-2H3,(H,20,21)/t14-/m1/s1. The van der Waals surface area contributed by atoms with Gasteiger partial charge in [0.1, 0.15) is 0 Å². The number of amides is 1. The number of hydrogen-bond acceptors (Lipinski definition) is 3. The minimum absolute atomic E-state index is 0.251. The van der Waals surface area contributed by atoms with Gasteiger partial charge in [0.15, 0.2) is 6.10 Å². The predicted octanol–water partition coefficient (Wildman–Crippen LogP) is 3.81. The molecule has 0 radical (unpaired) electrons. The third kappa shape index (κ3) is 5.08. The van der Waals surface area contributed by atoms with Gasteiger partial charge in [-0.05, 0) is 49.8 Å². The van der Waals surface area contributed by atoms with Gasteiger partial charge in [-0.2, -0.15) is 0 Å². The summed E-state index contributed by atoms with van der Waals surface area (Å²) in [6.07, 6.45) is 6.47. The van der Waals surface area contributed by atoms with Crippen LogP contribution in [0.15, 0.2) is 24.3 Å². The molecule has 0 heterocycles. The number of carbonyl (C=O) groups excluding carboxylic acids is 2. The van der Waals surface area contributed by atoms with Crippen molar-refractivity contribution >= 4 is 11.9 Å². The van der Waals surface area contributed by atoms with Gasteiger partial charge in [-0.15, -0.1) is 0 Å². The third-order valence-corrected chi connectivity index (χ3v) is 4.43. The van der Waals surface area contributed by atoms with E-state index in [-0.39, 0.29) is 5.91 Å². The average Bonchev–Trinajstić information content (AvgIpc) is 2.60. The highest BCUT2D eigenvalue weighted by Gasteiger charge is 2.19. The van der Waals surface area contributed by atoms with Crippen LogP contribution in [0.4, 0.5) is 0 Å². The SMILES string of the molecule is CCCNC(=O)[C@@H](C)OC(=O)c1ccc(C2CCCCC2)cc1. The van der Waals surface area contributed by atoms with Gasteiger partial charge in [-0.25, -0.2) is 4.79 Å². The van der Waals surface area contributed by atoms with Gasteiger partial charge in [0.2, 0.25) is 0 Å². The zero-order valence-corrected chi connectivity index (χ0v) is 14.1. The fourth-order valence-corrected chi connectivity index (χ4v) is 3.00. The van der Waals surface area contributed by atoms with Crippen LogP contribution >= 0.6 is 0 Å². The number of ether oxygens (including phenoxy) is 1. The molecule has 23 heavy (non-hydrogen) atoms. The van der Waals surface area contributed by atoms with E-state index in [1.165, 1.54) is 37.7 Å². The summed E-state index contributed by atoms with van der Waals surface area (Å²) < 4.78 is 5.23. The van der Waals surface area contributed by atoms with E-state index in [1.807, 2.05) is 31.2 Å². The van der Waals surface area contributed by atoms with Crippen molar-refractivity contribution in [3.8, 4) is 0 Å².